The molecule has 0 aliphatic rings. The predicted molar refractivity (Wildman–Crippen MR) is 91.1 cm³/mol. The number of aromatic nitrogens is 4. The number of nitriles is 1. The maximum absolute atomic E-state index is 12.0. The van der Waals surface area contributed by atoms with Crippen LogP contribution < -0.4 is 11.2 Å². The number of nitrogens with zero attached hydrogens (tertiary/aromatic N) is 3. The van der Waals surface area contributed by atoms with Crippen LogP contribution in [0, 0.1) is 18.3 Å². The summed E-state index contributed by atoms with van der Waals surface area (Å²) in [6.07, 6.45) is 0. The maximum atomic E-state index is 12.0. The fourth-order valence-corrected chi connectivity index (χ4v) is 3.65. The Hall–Kier alpha value is -3.31. The zero-order chi connectivity index (χ0) is 16.8. The van der Waals surface area contributed by atoms with Crippen molar-refractivity contribution in [2.45, 2.75) is 6.92 Å². The summed E-state index contributed by atoms with van der Waals surface area (Å²) < 4.78 is 0.416. The van der Waals surface area contributed by atoms with Gasteiger partial charge in [0, 0.05) is 5.56 Å². The Kier molecular flexibility index (Phi) is 3.04. The monoisotopic (exact) mass is 335 g/mol. The van der Waals surface area contributed by atoms with E-state index in [9.17, 15) is 9.59 Å². The molecule has 0 atom stereocenters. The lowest BCUT2D eigenvalue weighted by Gasteiger charge is -2.03. The highest BCUT2D eigenvalue weighted by atomic mass is 32.1. The number of aryl methyl sites for hydroxylation is 1. The van der Waals surface area contributed by atoms with Gasteiger partial charge in [0.05, 0.1) is 28.2 Å². The summed E-state index contributed by atoms with van der Waals surface area (Å²) in [5.41, 5.74) is 1.49. The second-order valence-electron chi connectivity index (χ2n) is 5.22. The van der Waals surface area contributed by atoms with E-state index >= 15 is 0 Å². The first-order chi connectivity index (χ1) is 11.6. The summed E-state index contributed by atoms with van der Waals surface area (Å²) >= 11 is 1.21. The number of nitrogens with one attached hydrogen (secondary N) is 2. The van der Waals surface area contributed by atoms with Gasteiger partial charge in [0.1, 0.15) is 9.53 Å². The minimum atomic E-state index is -0.553. The molecule has 0 saturated carbocycles. The Morgan fingerprint density at radius 1 is 1.12 bits per heavy atom. The summed E-state index contributed by atoms with van der Waals surface area (Å²) in [6.45, 7) is 1.81. The molecule has 0 aliphatic heterocycles. The average Bonchev–Trinajstić information content (AvgIpc) is 2.94. The van der Waals surface area contributed by atoms with Crippen molar-refractivity contribution in [1.82, 2.24) is 19.9 Å². The van der Waals surface area contributed by atoms with Gasteiger partial charge in [0.2, 0.25) is 0 Å². The van der Waals surface area contributed by atoms with Crippen molar-refractivity contribution in [3.63, 3.8) is 0 Å². The molecule has 0 spiro atoms. The average molecular weight is 335 g/mol. The molecule has 0 aliphatic carbocycles. The molecule has 1 aromatic carbocycles. The number of fused-ring (bicyclic) bond motifs is 3. The van der Waals surface area contributed by atoms with E-state index < -0.39 is 11.2 Å². The largest absolute Gasteiger partial charge is 0.326 e. The summed E-state index contributed by atoms with van der Waals surface area (Å²) in [7, 11) is 0. The smallest absolute Gasteiger partial charge is 0.305 e. The summed E-state index contributed by atoms with van der Waals surface area (Å²) in [6, 6.07) is 9.02. The lowest BCUT2D eigenvalue weighted by molar-refractivity contribution is 1.09. The number of hydrogen-bond donors (Lipinski definition) is 2. The molecule has 0 unspecified atom stereocenters. The standard InChI is InChI=1S/C16H9N5O2S/c1-7-10-11-12(14(22)21-16(23)19-11)24-15(10)20-13(18-7)9-4-2-8(6-17)3-5-9/h2-5H,1H3,(H2,19,21,22,23). The molecule has 116 valence electrons. The van der Waals surface area contributed by atoms with Gasteiger partial charge in [-0.1, -0.05) is 0 Å². The molecule has 3 aromatic heterocycles. The van der Waals surface area contributed by atoms with E-state index in [1.165, 1.54) is 11.3 Å². The Balaban J connectivity index is 2.02. The van der Waals surface area contributed by atoms with Crippen LogP contribution in [0.1, 0.15) is 11.3 Å². The third-order valence-electron chi connectivity index (χ3n) is 3.68. The molecule has 0 fully saturated rings. The molecule has 8 heteroatoms. The number of aromatic amines is 2. The molecule has 7 nitrogen and oxygen atoms in total. The Morgan fingerprint density at radius 2 is 1.88 bits per heavy atom. The first-order valence-corrected chi connectivity index (χ1v) is 7.82. The van der Waals surface area contributed by atoms with Crippen LogP contribution in [-0.2, 0) is 0 Å². The van der Waals surface area contributed by atoms with Crippen molar-refractivity contribution >= 4 is 31.8 Å². The van der Waals surface area contributed by atoms with Crippen LogP contribution in [0.25, 0.3) is 31.8 Å². The Morgan fingerprint density at radius 3 is 2.58 bits per heavy atom. The van der Waals surface area contributed by atoms with Crippen molar-refractivity contribution in [2.24, 2.45) is 0 Å². The van der Waals surface area contributed by atoms with E-state index in [1.807, 2.05) is 6.92 Å². The van der Waals surface area contributed by atoms with Crippen molar-refractivity contribution in [3.8, 4) is 17.5 Å². The van der Waals surface area contributed by atoms with Gasteiger partial charge >= 0.3 is 5.69 Å². The first-order valence-electron chi connectivity index (χ1n) is 7.01. The van der Waals surface area contributed by atoms with Gasteiger partial charge in [-0.25, -0.2) is 14.8 Å². The summed E-state index contributed by atoms with van der Waals surface area (Å²) in [5, 5.41) is 9.55. The number of rotatable bonds is 1. The van der Waals surface area contributed by atoms with Crippen molar-refractivity contribution < 1.29 is 0 Å². The third kappa shape index (κ3) is 2.11. The van der Waals surface area contributed by atoms with Crippen LogP contribution in [-0.4, -0.2) is 19.9 Å². The number of thiophene rings is 1. The van der Waals surface area contributed by atoms with E-state index in [-0.39, 0.29) is 0 Å². The number of hydrogen-bond acceptors (Lipinski definition) is 6. The number of H-pyrrole nitrogens is 2. The zero-order valence-electron chi connectivity index (χ0n) is 12.4. The van der Waals surface area contributed by atoms with Gasteiger partial charge in [0.15, 0.2) is 5.82 Å². The fourth-order valence-electron chi connectivity index (χ4n) is 2.58. The van der Waals surface area contributed by atoms with E-state index in [2.05, 4.69) is 26.0 Å². The topological polar surface area (TPSA) is 115 Å². The van der Waals surface area contributed by atoms with Crippen molar-refractivity contribution in [3.05, 3.63) is 56.4 Å². The van der Waals surface area contributed by atoms with E-state index in [0.29, 0.717) is 37.5 Å². The third-order valence-corrected chi connectivity index (χ3v) is 4.76. The maximum Gasteiger partial charge on any atom is 0.326 e. The molecule has 0 saturated heterocycles. The van der Waals surface area contributed by atoms with Gasteiger partial charge in [0.25, 0.3) is 5.56 Å². The van der Waals surface area contributed by atoms with Crippen LogP contribution in [0.3, 0.4) is 0 Å². The lowest BCUT2D eigenvalue weighted by Crippen LogP contribution is -2.20. The Labute approximate surface area is 138 Å². The highest BCUT2D eigenvalue weighted by molar-refractivity contribution is 7.25. The molecular weight excluding hydrogens is 326 g/mol. The van der Waals surface area contributed by atoms with E-state index in [0.717, 1.165) is 5.56 Å². The zero-order valence-corrected chi connectivity index (χ0v) is 13.2. The highest BCUT2D eigenvalue weighted by Crippen LogP contribution is 2.31. The van der Waals surface area contributed by atoms with Crippen LogP contribution in [0.15, 0.2) is 33.9 Å². The van der Waals surface area contributed by atoms with E-state index in [1.54, 1.807) is 24.3 Å². The molecule has 0 bridgehead atoms. The molecule has 3 heterocycles. The number of benzene rings is 1. The Bertz CT molecular complexity index is 1260. The second kappa shape index (κ2) is 5.11. The molecule has 2 N–H and O–H groups in total. The van der Waals surface area contributed by atoms with Gasteiger partial charge < -0.3 is 4.98 Å². The summed E-state index contributed by atoms with van der Waals surface area (Å²) in [5.74, 6) is 0.509. The quantitative estimate of drug-likeness (QED) is 0.552. The second-order valence-corrected chi connectivity index (χ2v) is 6.22. The molecule has 4 rings (SSSR count). The molecule has 0 radical (unpaired) electrons. The van der Waals surface area contributed by atoms with Crippen LogP contribution in [0.4, 0.5) is 0 Å². The van der Waals surface area contributed by atoms with E-state index in [4.69, 9.17) is 5.26 Å². The minimum Gasteiger partial charge on any atom is -0.305 e. The van der Waals surface area contributed by atoms with Gasteiger partial charge in [-0.3, -0.25) is 9.78 Å². The van der Waals surface area contributed by atoms with Gasteiger partial charge in [-0.2, -0.15) is 5.26 Å². The van der Waals surface area contributed by atoms with Crippen LogP contribution >= 0.6 is 11.3 Å². The SMILES string of the molecule is Cc1nc(-c2ccc(C#N)cc2)nc2sc3c(=O)[nH]c(=O)[nH]c3c12. The van der Waals surface area contributed by atoms with Gasteiger partial charge in [-0.15, -0.1) is 11.3 Å². The van der Waals surface area contributed by atoms with Crippen LogP contribution in [0.5, 0.6) is 0 Å². The normalized spacial score (nSPS) is 11.0. The lowest BCUT2D eigenvalue weighted by atomic mass is 10.1. The van der Waals surface area contributed by atoms with Crippen LogP contribution in [0.2, 0.25) is 0 Å². The minimum absolute atomic E-state index is 0.416. The molecule has 0 amide bonds. The first kappa shape index (κ1) is 14.3. The molecular formula is C16H9N5O2S. The van der Waals surface area contributed by atoms with Gasteiger partial charge in [-0.05, 0) is 31.2 Å². The van der Waals surface area contributed by atoms with Crippen molar-refractivity contribution in [2.75, 3.05) is 0 Å². The molecule has 24 heavy (non-hydrogen) atoms. The molecule has 4 aromatic rings. The highest BCUT2D eigenvalue weighted by Gasteiger charge is 2.15. The summed E-state index contributed by atoms with van der Waals surface area (Å²) in [4.78, 5) is 38.0. The fraction of sp³-hybridized carbons (Fsp3) is 0.0625. The predicted octanol–water partition coefficient (Wildman–Crippen LogP) is 2.07. The van der Waals surface area contributed by atoms with Crippen molar-refractivity contribution in [1.29, 1.82) is 5.26 Å².